The molecule has 0 unspecified atom stereocenters. The zero-order valence-corrected chi connectivity index (χ0v) is 15.9. The number of nitrogens with zero attached hydrogens (tertiary/aromatic N) is 6. The maximum atomic E-state index is 13.1. The summed E-state index contributed by atoms with van der Waals surface area (Å²) in [5.74, 6) is 0.244. The number of pyridine rings is 1. The lowest BCUT2D eigenvalue weighted by Gasteiger charge is -2.08. The van der Waals surface area contributed by atoms with E-state index in [0.717, 1.165) is 25.1 Å². The highest BCUT2D eigenvalue weighted by molar-refractivity contribution is 6.28. The largest absolute Gasteiger partial charge is 0.435 e. The summed E-state index contributed by atoms with van der Waals surface area (Å²) in [4.78, 5) is 22.0. The summed E-state index contributed by atoms with van der Waals surface area (Å²) in [6.45, 7) is 0.129. The standard InChI is InChI=1S/C17H13ClF3N7O2/c18-16-24-8-12(28(29)30)15(25-16)23-7-9-1-4-14(22-6-9)27-11(10-2-3-10)5-13(26-27)17(19,20)21/h1,4-6,8,10H,2-3,7H2,(H,23,24,25). The van der Waals surface area contributed by atoms with Gasteiger partial charge in [0.05, 0.1) is 4.92 Å². The molecule has 0 aromatic carbocycles. The first kappa shape index (κ1) is 20.0. The van der Waals surface area contributed by atoms with Crippen molar-refractivity contribution < 1.29 is 18.1 Å². The number of rotatable bonds is 6. The van der Waals surface area contributed by atoms with Crippen LogP contribution in [0.1, 0.15) is 35.7 Å². The fourth-order valence-electron chi connectivity index (χ4n) is 2.84. The Labute approximate surface area is 172 Å². The number of anilines is 1. The summed E-state index contributed by atoms with van der Waals surface area (Å²) >= 11 is 5.68. The molecule has 0 saturated heterocycles. The van der Waals surface area contributed by atoms with Gasteiger partial charge in [0, 0.05) is 24.4 Å². The Balaban J connectivity index is 1.54. The molecule has 3 aromatic heterocycles. The van der Waals surface area contributed by atoms with E-state index < -0.39 is 16.8 Å². The first-order chi connectivity index (χ1) is 14.2. The van der Waals surface area contributed by atoms with Crippen LogP contribution in [0.2, 0.25) is 5.28 Å². The Bertz CT molecular complexity index is 1100. The zero-order chi connectivity index (χ0) is 21.5. The van der Waals surface area contributed by atoms with Crippen molar-refractivity contribution in [1.82, 2.24) is 24.7 Å². The fraction of sp³-hybridized carbons (Fsp3) is 0.294. The smallest absolute Gasteiger partial charge is 0.360 e. The molecule has 1 N–H and O–H groups in total. The molecular formula is C17H13ClF3N7O2. The maximum Gasteiger partial charge on any atom is 0.435 e. The van der Waals surface area contributed by atoms with E-state index in [1.54, 1.807) is 6.07 Å². The van der Waals surface area contributed by atoms with Gasteiger partial charge in [-0.1, -0.05) is 6.07 Å². The molecule has 1 saturated carbocycles. The number of hydrogen-bond donors (Lipinski definition) is 1. The third kappa shape index (κ3) is 4.17. The number of nitrogens with one attached hydrogen (secondary N) is 1. The van der Waals surface area contributed by atoms with E-state index >= 15 is 0 Å². The Morgan fingerprint density at radius 3 is 2.63 bits per heavy atom. The second kappa shape index (κ2) is 7.52. The summed E-state index contributed by atoms with van der Waals surface area (Å²) < 4.78 is 40.4. The lowest BCUT2D eigenvalue weighted by atomic mass is 10.2. The quantitative estimate of drug-likeness (QED) is 0.349. The van der Waals surface area contributed by atoms with E-state index in [9.17, 15) is 23.3 Å². The highest BCUT2D eigenvalue weighted by Gasteiger charge is 2.38. The van der Waals surface area contributed by atoms with Gasteiger partial charge in [-0.15, -0.1) is 0 Å². The molecule has 13 heteroatoms. The second-order valence-corrected chi connectivity index (χ2v) is 6.98. The van der Waals surface area contributed by atoms with Gasteiger partial charge in [-0.3, -0.25) is 10.1 Å². The average Bonchev–Trinajstić information content (AvgIpc) is 3.43. The molecule has 1 fully saturated rings. The van der Waals surface area contributed by atoms with Crippen LogP contribution in [0.25, 0.3) is 5.82 Å². The molecule has 0 radical (unpaired) electrons. The summed E-state index contributed by atoms with van der Waals surface area (Å²) in [6.07, 6.45) is -0.472. The lowest BCUT2D eigenvalue weighted by molar-refractivity contribution is -0.384. The van der Waals surface area contributed by atoms with Crippen molar-refractivity contribution in [3.63, 3.8) is 0 Å². The fourth-order valence-corrected chi connectivity index (χ4v) is 2.97. The van der Waals surface area contributed by atoms with Crippen LogP contribution in [-0.2, 0) is 12.7 Å². The van der Waals surface area contributed by atoms with Crippen LogP contribution in [0, 0.1) is 10.1 Å². The van der Waals surface area contributed by atoms with Gasteiger partial charge in [0.2, 0.25) is 11.1 Å². The number of aromatic nitrogens is 5. The molecule has 9 nitrogen and oxygen atoms in total. The van der Waals surface area contributed by atoms with Crippen molar-refractivity contribution in [2.24, 2.45) is 0 Å². The minimum Gasteiger partial charge on any atom is -0.360 e. The molecule has 0 spiro atoms. The van der Waals surface area contributed by atoms with Gasteiger partial charge in [-0.2, -0.15) is 23.3 Å². The van der Waals surface area contributed by atoms with Crippen molar-refractivity contribution in [2.45, 2.75) is 31.5 Å². The van der Waals surface area contributed by atoms with Gasteiger partial charge in [-0.25, -0.2) is 14.6 Å². The van der Waals surface area contributed by atoms with E-state index in [1.807, 2.05) is 0 Å². The van der Waals surface area contributed by atoms with Crippen LogP contribution in [0.4, 0.5) is 24.7 Å². The highest BCUT2D eigenvalue weighted by Crippen LogP contribution is 2.42. The molecule has 3 heterocycles. The average molecular weight is 440 g/mol. The van der Waals surface area contributed by atoms with Crippen molar-refractivity contribution in [3.05, 3.63) is 62.9 Å². The third-order valence-corrected chi connectivity index (χ3v) is 4.63. The van der Waals surface area contributed by atoms with Gasteiger partial charge in [0.15, 0.2) is 11.5 Å². The SMILES string of the molecule is O=[N+]([O-])c1cnc(Cl)nc1NCc1ccc(-n2nc(C(F)(F)F)cc2C2CC2)nc1. The molecule has 0 aliphatic heterocycles. The summed E-state index contributed by atoms with van der Waals surface area (Å²) in [5, 5.41) is 17.4. The molecule has 0 bridgehead atoms. The molecule has 0 atom stereocenters. The minimum absolute atomic E-state index is 0.0415. The van der Waals surface area contributed by atoms with Gasteiger partial charge in [0.1, 0.15) is 6.20 Å². The van der Waals surface area contributed by atoms with Crippen LogP contribution >= 0.6 is 11.6 Å². The van der Waals surface area contributed by atoms with Gasteiger partial charge >= 0.3 is 11.9 Å². The topological polar surface area (TPSA) is 112 Å². The van der Waals surface area contributed by atoms with Crippen LogP contribution in [0.3, 0.4) is 0 Å². The molecule has 4 rings (SSSR count). The molecule has 1 aliphatic carbocycles. The second-order valence-electron chi connectivity index (χ2n) is 6.65. The number of halogens is 4. The van der Waals surface area contributed by atoms with E-state index in [4.69, 9.17) is 11.6 Å². The summed E-state index contributed by atoms with van der Waals surface area (Å²) in [6, 6.07) is 4.24. The van der Waals surface area contributed by atoms with Crippen molar-refractivity contribution in [3.8, 4) is 5.82 Å². The molecular weight excluding hydrogens is 427 g/mol. The zero-order valence-electron chi connectivity index (χ0n) is 15.1. The first-order valence-electron chi connectivity index (χ1n) is 8.75. The number of nitro groups is 1. The molecule has 30 heavy (non-hydrogen) atoms. The lowest BCUT2D eigenvalue weighted by Crippen LogP contribution is -2.09. The Kier molecular flexibility index (Phi) is 5.02. The predicted molar refractivity (Wildman–Crippen MR) is 99.4 cm³/mol. The Morgan fingerprint density at radius 1 is 1.27 bits per heavy atom. The summed E-state index contributed by atoms with van der Waals surface area (Å²) in [5.41, 5.74) is -0.190. The Hall–Kier alpha value is -3.28. The molecule has 156 valence electrons. The van der Waals surface area contributed by atoms with Crippen molar-refractivity contribution >= 4 is 23.1 Å². The number of hydrogen-bond acceptors (Lipinski definition) is 7. The van der Waals surface area contributed by atoms with Crippen molar-refractivity contribution in [2.75, 3.05) is 5.32 Å². The van der Waals surface area contributed by atoms with Crippen LogP contribution in [0.15, 0.2) is 30.6 Å². The third-order valence-electron chi connectivity index (χ3n) is 4.45. The van der Waals surface area contributed by atoms with Crippen LogP contribution < -0.4 is 5.32 Å². The van der Waals surface area contributed by atoms with E-state index in [0.29, 0.717) is 11.3 Å². The highest BCUT2D eigenvalue weighted by atomic mass is 35.5. The number of alkyl halides is 3. The van der Waals surface area contributed by atoms with E-state index in [-0.39, 0.29) is 35.1 Å². The maximum absolute atomic E-state index is 13.1. The molecule has 3 aromatic rings. The monoisotopic (exact) mass is 439 g/mol. The van der Waals surface area contributed by atoms with E-state index in [2.05, 4.69) is 25.4 Å². The predicted octanol–water partition coefficient (Wildman–Crippen LogP) is 4.13. The van der Waals surface area contributed by atoms with E-state index in [1.165, 1.54) is 16.9 Å². The Morgan fingerprint density at radius 2 is 2.03 bits per heavy atom. The molecule has 0 amide bonds. The van der Waals surface area contributed by atoms with Crippen molar-refractivity contribution in [1.29, 1.82) is 0 Å². The van der Waals surface area contributed by atoms with Crippen LogP contribution in [-0.4, -0.2) is 29.7 Å². The van der Waals surface area contributed by atoms with Gasteiger partial charge in [0.25, 0.3) is 0 Å². The van der Waals surface area contributed by atoms with Gasteiger partial charge < -0.3 is 5.32 Å². The first-order valence-corrected chi connectivity index (χ1v) is 9.13. The molecule has 1 aliphatic rings. The summed E-state index contributed by atoms with van der Waals surface area (Å²) in [7, 11) is 0. The normalized spacial score (nSPS) is 14.0. The minimum atomic E-state index is -4.54. The van der Waals surface area contributed by atoms with Crippen LogP contribution in [0.5, 0.6) is 0 Å². The van der Waals surface area contributed by atoms with Gasteiger partial charge in [-0.05, 0) is 42.1 Å².